The summed E-state index contributed by atoms with van der Waals surface area (Å²) in [5, 5.41) is 6.24. The van der Waals surface area contributed by atoms with Crippen LogP contribution in [0.3, 0.4) is 0 Å². The standard InChI is InChI=1S/C34H50ClN3O4/c1-9-10-11-12-13-16-22-38(32(40)28(23(2)3)37-33(41)42-34(6,7)8)30(26-20-15-14-18-24(26)4)31(39)36-29-25(5)19-17-21-27(29)35/h14-15,17-21,23,28,30H,9-13,16,22H2,1-8H3,(H,36,39)(H,37,41). The molecule has 0 saturated carbocycles. The van der Waals surface area contributed by atoms with Gasteiger partial charge in [0.15, 0.2) is 0 Å². The van der Waals surface area contributed by atoms with Gasteiger partial charge in [-0.1, -0.05) is 101 Å². The average Bonchev–Trinajstić information content (AvgIpc) is 2.90. The molecule has 0 spiro atoms. The van der Waals surface area contributed by atoms with E-state index >= 15 is 0 Å². The second-order valence-corrected chi connectivity index (χ2v) is 12.8. The van der Waals surface area contributed by atoms with Crippen LogP contribution >= 0.6 is 11.6 Å². The number of para-hydroxylation sites is 1. The SMILES string of the molecule is CCCCCCCCN(C(=O)C(NC(=O)OC(C)(C)C)C(C)C)C(C(=O)Nc1c(C)cccc1Cl)c1ccccc1C. The molecule has 2 atom stereocenters. The third kappa shape index (κ3) is 10.6. The van der Waals surface area contributed by atoms with Gasteiger partial charge in [0.2, 0.25) is 5.91 Å². The van der Waals surface area contributed by atoms with E-state index in [2.05, 4.69) is 17.6 Å². The van der Waals surface area contributed by atoms with Crippen molar-refractivity contribution in [3.05, 3.63) is 64.2 Å². The molecule has 232 valence electrons. The lowest BCUT2D eigenvalue weighted by Crippen LogP contribution is -2.54. The maximum atomic E-state index is 14.4. The Morgan fingerprint density at radius 2 is 1.52 bits per heavy atom. The van der Waals surface area contributed by atoms with Crippen molar-refractivity contribution in [2.45, 2.75) is 112 Å². The molecule has 0 aromatic heterocycles. The molecule has 0 fully saturated rings. The smallest absolute Gasteiger partial charge is 0.408 e. The lowest BCUT2D eigenvalue weighted by atomic mass is 9.95. The summed E-state index contributed by atoms with van der Waals surface area (Å²) in [6, 6.07) is 11.2. The summed E-state index contributed by atoms with van der Waals surface area (Å²) in [5.41, 5.74) is 2.22. The Hall–Kier alpha value is -3.06. The highest BCUT2D eigenvalue weighted by molar-refractivity contribution is 6.34. The number of ether oxygens (including phenoxy) is 1. The van der Waals surface area contributed by atoms with E-state index in [9.17, 15) is 14.4 Å². The number of nitrogens with one attached hydrogen (secondary N) is 2. The van der Waals surface area contributed by atoms with Gasteiger partial charge in [-0.3, -0.25) is 9.59 Å². The molecule has 2 rings (SSSR count). The number of nitrogens with zero attached hydrogens (tertiary/aromatic N) is 1. The Balaban J connectivity index is 2.55. The summed E-state index contributed by atoms with van der Waals surface area (Å²) in [5.74, 6) is -0.938. The maximum absolute atomic E-state index is 14.4. The van der Waals surface area contributed by atoms with Crippen molar-refractivity contribution in [1.82, 2.24) is 10.2 Å². The van der Waals surface area contributed by atoms with Gasteiger partial charge in [0.05, 0.1) is 10.7 Å². The number of benzene rings is 2. The molecule has 0 radical (unpaired) electrons. The van der Waals surface area contributed by atoms with Crippen LogP contribution in [-0.4, -0.2) is 41.0 Å². The van der Waals surface area contributed by atoms with Gasteiger partial charge in [0, 0.05) is 6.54 Å². The number of alkyl carbamates (subject to hydrolysis) is 1. The van der Waals surface area contributed by atoms with Crippen LogP contribution in [0.15, 0.2) is 42.5 Å². The zero-order chi connectivity index (χ0) is 31.4. The summed E-state index contributed by atoms with van der Waals surface area (Å²) in [6.45, 7) is 15.4. The zero-order valence-corrected chi connectivity index (χ0v) is 27.4. The van der Waals surface area contributed by atoms with E-state index < -0.39 is 23.8 Å². The zero-order valence-electron chi connectivity index (χ0n) is 26.7. The highest BCUT2D eigenvalue weighted by atomic mass is 35.5. The summed E-state index contributed by atoms with van der Waals surface area (Å²) in [6.07, 6.45) is 5.50. The second kappa shape index (κ2) is 16.5. The summed E-state index contributed by atoms with van der Waals surface area (Å²) >= 11 is 6.49. The van der Waals surface area contributed by atoms with Crippen LogP contribution in [0.1, 0.15) is 103 Å². The molecule has 2 aromatic rings. The fourth-order valence-electron chi connectivity index (χ4n) is 4.88. The van der Waals surface area contributed by atoms with Crippen molar-refractivity contribution >= 4 is 35.2 Å². The molecule has 2 N–H and O–H groups in total. The Morgan fingerprint density at radius 1 is 0.905 bits per heavy atom. The lowest BCUT2D eigenvalue weighted by molar-refractivity contribution is -0.141. The Kier molecular flexibility index (Phi) is 13.8. The van der Waals surface area contributed by atoms with Gasteiger partial charge in [-0.2, -0.15) is 0 Å². The average molecular weight is 600 g/mol. The summed E-state index contributed by atoms with van der Waals surface area (Å²) in [4.78, 5) is 43.1. The fraction of sp³-hybridized carbons (Fsp3) is 0.559. The predicted octanol–water partition coefficient (Wildman–Crippen LogP) is 8.38. The van der Waals surface area contributed by atoms with E-state index in [0.717, 1.165) is 48.8 Å². The van der Waals surface area contributed by atoms with Crippen molar-refractivity contribution in [3.8, 4) is 0 Å². The Morgan fingerprint density at radius 3 is 2.12 bits per heavy atom. The number of halogens is 1. The molecule has 2 aromatic carbocycles. The third-order valence-electron chi connectivity index (χ3n) is 7.15. The van der Waals surface area contributed by atoms with Crippen molar-refractivity contribution in [2.24, 2.45) is 5.92 Å². The van der Waals surface area contributed by atoms with Crippen molar-refractivity contribution in [3.63, 3.8) is 0 Å². The largest absolute Gasteiger partial charge is 0.444 e. The Bertz CT molecular complexity index is 1170. The number of hydrogen-bond donors (Lipinski definition) is 2. The summed E-state index contributed by atoms with van der Waals surface area (Å²) < 4.78 is 5.49. The number of carbonyl (C=O) groups excluding carboxylic acids is 3. The first-order chi connectivity index (χ1) is 19.8. The van der Waals surface area contributed by atoms with E-state index in [1.165, 1.54) is 6.42 Å². The molecule has 0 heterocycles. The molecular weight excluding hydrogens is 550 g/mol. The van der Waals surface area contributed by atoms with E-state index in [-0.39, 0.29) is 17.7 Å². The van der Waals surface area contributed by atoms with Crippen LogP contribution in [-0.2, 0) is 14.3 Å². The molecule has 0 aliphatic carbocycles. The first-order valence-electron chi connectivity index (χ1n) is 15.2. The topological polar surface area (TPSA) is 87.7 Å². The van der Waals surface area contributed by atoms with Gasteiger partial charge in [0.1, 0.15) is 17.7 Å². The molecule has 8 heteroatoms. The number of rotatable bonds is 14. The van der Waals surface area contributed by atoms with Gasteiger partial charge < -0.3 is 20.3 Å². The predicted molar refractivity (Wildman–Crippen MR) is 172 cm³/mol. The molecule has 0 aliphatic rings. The van der Waals surface area contributed by atoms with Crippen molar-refractivity contribution < 1.29 is 19.1 Å². The van der Waals surface area contributed by atoms with Crippen LogP contribution in [0.25, 0.3) is 0 Å². The Labute approximate surface area is 257 Å². The summed E-state index contributed by atoms with van der Waals surface area (Å²) in [7, 11) is 0. The molecule has 3 amide bonds. The fourth-order valence-corrected chi connectivity index (χ4v) is 5.15. The number of hydrogen-bond acceptors (Lipinski definition) is 4. The van der Waals surface area contributed by atoms with Crippen molar-refractivity contribution in [2.75, 3.05) is 11.9 Å². The van der Waals surface area contributed by atoms with E-state index in [0.29, 0.717) is 17.3 Å². The second-order valence-electron chi connectivity index (χ2n) is 12.3. The van der Waals surface area contributed by atoms with Crippen LogP contribution in [0.2, 0.25) is 5.02 Å². The van der Waals surface area contributed by atoms with Gasteiger partial charge in [0.25, 0.3) is 5.91 Å². The highest BCUT2D eigenvalue weighted by Crippen LogP contribution is 2.31. The van der Waals surface area contributed by atoms with Crippen LogP contribution in [0, 0.1) is 19.8 Å². The molecule has 0 aliphatic heterocycles. The van der Waals surface area contributed by atoms with Crippen LogP contribution in [0.4, 0.5) is 10.5 Å². The molecule has 2 unspecified atom stereocenters. The van der Waals surface area contributed by atoms with Crippen LogP contribution < -0.4 is 10.6 Å². The van der Waals surface area contributed by atoms with E-state index in [4.69, 9.17) is 16.3 Å². The number of amides is 3. The number of unbranched alkanes of at least 4 members (excludes halogenated alkanes) is 5. The minimum atomic E-state index is -0.938. The molecule has 0 bridgehead atoms. The van der Waals surface area contributed by atoms with E-state index in [1.807, 2.05) is 64.1 Å². The molecule has 7 nitrogen and oxygen atoms in total. The molecule has 42 heavy (non-hydrogen) atoms. The van der Waals surface area contributed by atoms with Crippen LogP contribution in [0.5, 0.6) is 0 Å². The first kappa shape index (κ1) is 35.1. The third-order valence-corrected chi connectivity index (χ3v) is 7.47. The lowest BCUT2D eigenvalue weighted by Gasteiger charge is -2.36. The normalized spacial score (nSPS) is 12.9. The first-order valence-corrected chi connectivity index (χ1v) is 15.6. The number of carbonyl (C=O) groups is 3. The van der Waals surface area contributed by atoms with Gasteiger partial charge in [-0.25, -0.2) is 4.79 Å². The monoisotopic (exact) mass is 599 g/mol. The minimum Gasteiger partial charge on any atom is -0.444 e. The van der Waals surface area contributed by atoms with Gasteiger partial charge in [-0.05, 0) is 69.7 Å². The van der Waals surface area contributed by atoms with Crippen molar-refractivity contribution in [1.29, 1.82) is 0 Å². The maximum Gasteiger partial charge on any atom is 0.408 e. The molecular formula is C34H50ClN3O4. The number of anilines is 1. The quantitative estimate of drug-likeness (QED) is 0.213. The van der Waals surface area contributed by atoms with E-state index in [1.54, 1.807) is 31.7 Å². The highest BCUT2D eigenvalue weighted by Gasteiger charge is 2.38. The van der Waals surface area contributed by atoms with Gasteiger partial charge >= 0.3 is 6.09 Å². The number of aryl methyl sites for hydroxylation is 2. The molecule has 0 saturated heterocycles. The van der Waals surface area contributed by atoms with Gasteiger partial charge in [-0.15, -0.1) is 0 Å². The minimum absolute atomic E-state index is 0.247.